The predicted octanol–water partition coefficient (Wildman–Crippen LogP) is 5.28. The Bertz CT molecular complexity index is 1110. The molecule has 134 valence electrons. The third-order valence-electron chi connectivity index (χ3n) is 5.82. The first kappa shape index (κ1) is 15.9. The molecular weight excluding hydrogens is 340 g/mol. The molecule has 0 fully saturated rings. The number of hydrogen-bond donors (Lipinski definition) is 2. The average Bonchev–Trinajstić information content (AvgIpc) is 3.17. The van der Waals surface area contributed by atoms with E-state index in [-0.39, 0.29) is 29.3 Å². The van der Waals surface area contributed by atoms with Crippen molar-refractivity contribution < 1.29 is 10.0 Å². The van der Waals surface area contributed by atoms with Crippen LogP contribution in [-0.4, -0.2) is 10.0 Å². The molecule has 3 aromatic carbocycles. The van der Waals surface area contributed by atoms with E-state index in [1.165, 1.54) is 23.8 Å². The van der Waals surface area contributed by atoms with E-state index in [0.29, 0.717) is 5.56 Å². The molecule has 5 nitrogen and oxygen atoms in total. The number of nitrogens with one attached hydrogen (secondary N) is 1. The fraction of sp³-hybridized carbons (Fsp3) is 0.182. The quantitative estimate of drug-likeness (QED) is 0.371. The van der Waals surface area contributed by atoms with Crippen LogP contribution in [0.15, 0.2) is 66.7 Å². The highest BCUT2D eigenvalue weighted by Gasteiger charge is 2.39. The Labute approximate surface area is 156 Å². The molecule has 2 aliphatic rings. The van der Waals surface area contributed by atoms with E-state index < -0.39 is 4.92 Å². The molecule has 3 unspecified atom stereocenters. The van der Waals surface area contributed by atoms with Gasteiger partial charge in [-0.2, -0.15) is 0 Å². The van der Waals surface area contributed by atoms with Gasteiger partial charge in [-0.3, -0.25) is 10.1 Å². The number of benzene rings is 3. The van der Waals surface area contributed by atoms with Gasteiger partial charge in [-0.15, -0.1) is 0 Å². The van der Waals surface area contributed by atoms with E-state index in [9.17, 15) is 15.2 Å². The number of anilines is 1. The molecule has 0 bridgehead atoms. The number of aromatic hydroxyl groups is 1. The fourth-order valence-electron chi connectivity index (χ4n) is 4.55. The van der Waals surface area contributed by atoms with Crippen molar-refractivity contribution in [3.8, 4) is 5.75 Å². The SMILES string of the molecule is O=[N+]([O-])c1ccc(O)c(C2Nc3c(ccc4ccccc34)C3C=CCC32)c1. The number of phenolic OH excluding ortho intramolecular Hbond substituents is 1. The first-order valence-electron chi connectivity index (χ1n) is 9.05. The molecule has 2 N–H and O–H groups in total. The van der Waals surface area contributed by atoms with E-state index in [4.69, 9.17) is 0 Å². The number of nitro benzene ring substituents is 1. The van der Waals surface area contributed by atoms with Crippen molar-refractivity contribution in [2.75, 3.05) is 5.32 Å². The molecule has 3 aromatic rings. The van der Waals surface area contributed by atoms with E-state index in [2.05, 4.69) is 41.7 Å². The zero-order valence-electron chi connectivity index (χ0n) is 14.5. The van der Waals surface area contributed by atoms with Crippen LogP contribution in [0.2, 0.25) is 0 Å². The Balaban J connectivity index is 1.70. The largest absolute Gasteiger partial charge is 0.508 e. The summed E-state index contributed by atoms with van der Waals surface area (Å²) in [5.74, 6) is 0.536. The van der Waals surface area contributed by atoms with E-state index >= 15 is 0 Å². The summed E-state index contributed by atoms with van der Waals surface area (Å²) in [6.45, 7) is 0. The molecular formula is C22H18N2O3. The topological polar surface area (TPSA) is 75.4 Å². The number of rotatable bonds is 2. The van der Waals surface area contributed by atoms with Crippen LogP contribution in [0.1, 0.15) is 29.5 Å². The first-order valence-corrected chi connectivity index (χ1v) is 9.05. The summed E-state index contributed by atoms with van der Waals surface area (Å²) in [5, 5.41) is 27.6. The van der Waals surface area contributed by atoms with Crippen molar-refractivity contribution in [3.05, 3.63) is 88.0 Å². The van der Waals surface area contributed by atoms with Crippen molar-refractivity contribution in [1.29, 1.82) is 0 Å². The van der Waals surface area contributed by atoms with Crippen molar-refractivity contribution in [3.63, 3.8) is 0 Å². The fourth-order valence-corrected chi connectivity index (χ4v) is 4.55. The summed E-state index contributed by atoms with van der Waals surface area (Å²) >= 11 is 0. The van der Waals surface area contributed by atoms with Crippen molar-refractivity contribution in [2.45, 2.75) is 18.4 Å². The standard InChI is InChI=1S/C22H18N2O3/c25-20-11-9-14(24(26)27)12-19(20)22-17-7-3-6-16(17)18-10-8-13-4-1-2-5-15(13)21(18)23-22/h1-6,8-12,16-17,22-23,25H,7H2. The number of non-ortho nitro benzene ring substituents is 1. The predicted molar refractivity (Wildman–Crippen MR) is 105 cm³/mol. The molecule has 0 radical (unpaired) electrons. The zero-order chi connectivity index (χ0) is 18.5. The van der Waals surface area contributed by atoms with E-state index in [1.54, 1.807) is 0 Å². The highest BCUT2D eigenvalue weighted by Crippen LogP contribution is 2.52. The highest BCUT2D eigenvalue weighted by atomic mass is 16.6. The number of fused-ring (bicyclic) bond motifs is 5. The van der Waals surface area contributed by atoms with Crippen LogP contribution >= 0.6 is 0 Å². The van der Waals surface area contributed by atoms with Gasteiger partial charge in [-0.1, -0.05) is 48.6 Å². The second kappa shape index (κ2) is 5.84. The Morgan fingerprint density at radius 1 is 1.07 bits per heavy atom. The number of nitro groups is 1. The van der Waals surface area contributed by atoms with Crippen LogP contribution in [0.5, 0.6) is 5.75 Å². The minimum absolute atomic E-state index is 0.00387. The van der Waals surface area contributed by atoms with E-state index in [0.717, 1.165) is 22.9 Å². The van der Waals surface area contributed by atoms with Crippen molar-refractivity contribution in [2.24, 2.45) is 5.92 Å². The summed E-state index contributed by atoms with van der Waals surface area (Å²) in [5.41, 5.74) is 2.88. The highest BCUT2D eigenvalue weighted by molar-refractivity contribution is 5.96. The maximum atomic E-state index is 11.2. The Hall–Kier alpha value is -3.34. The molecule has 0 spiro atoms. The lowest BCUT2D eigenvalue weighted by atomic mass is 9.76. The molecule has 5 heteroatoms. The molecule has 27 heavy (non-hydrogen) atoms. The Morgan fingerprint density at radius 2 is 1.93 bits per heavy atom. The second-order valence-corrected chi connectivity index (χ2v) is 7.23. The number of hydrogen-bond acceptors (Lipinski definition) is 4. The normalized spacial score (nSPS) is 22.9. The zero-order valence-corrected chi connectivity index (χ0v) is 14.5. The van der Waals surface area contributed by atoms with E-state index in [1.807, 2.05) is 12.1 Å². The van der Waals surface area contributed by atoms with Gasteiger partial charge in [-0.05, 0) is 29.4 Å². The monoisotopic (exact) mass is 358 g/mol. The molecule has 3 atom stereocenters. The minimum Gasteiger partial charge on any atom is -0.508 e. The molecule has 0 amide bonds. The van der Waals surface area contributed by atoms with Crippen LogP contribution in [0.25, 0.3) is 10.8 Å². The van der Waals surface area contributed by atoms with Crippen LogP contribution < -0.4 is 5.32 Å². The number of nitrogens with zero attached hydrogens (tertiary/aromatic N) is 1. The average molecular weight is 358 g/mol. The van der Waals surface area contributed by atoms with Crippen LogP contribution in [-0.2, 0) is 0 Å². The summed E-state index contributed by atoms with van der Waals surface area (Å²) in [7, 11) is 0. The van der Waals surface area contributed by atoms with Gasteiger partial charge in [0.15, 0.2) is 0 Å². The molecule has 1 heterocycles. The van der Waals surface area contributed by atoms with Crippen LogP contribution in [0.3, 0.4) is 0 Å². The van der Waals surface area contributed by atoms with Gasteiger partial charge in [-0.25, -0.2) is 0 Å². The minimum atomic E-state index is -0.417. The van der Waals surface area contributed by atoms with Gasteiger partial charge in [0.05, 0.1) is 11.0 Å². The molecule has 0 aromatic heterocycles. The maximum Gasteiger partial charge on any atom is 0.270 e. The van der Waals surface area contributed by atoms with Crippen molar-refractivity contribution in [1.82, 2.24) is 0 Å². The molecule has 5 rings (SSSR count). The van der Waals surface area contributed by atoms with Crippen molar-refractivity contribution >= 4 is 22.1 Å². The molecule has 0 saturated heterocycles. The Kier molecular flexibility index (Phi) is 3.44. The lowest BCUT2D eigenvalue weighted by Crippen LogP contribution is -2.29. The van der Waals surface area contributed by atoms with Gasteiger partial charge in [0.2, 0.25) is 0 Å². The van der Waals surface area contributed by atoms with Crippen LogP contribution in [0, 0.1) is 16.0 Å². The van der Waals surface area contributed by atoms with Gasteiger partial charge in [0.1, 0.15) is 5.75 Å². The second-order valence-electron chi connectivity index (χ2n) is 7.23. The molecule has 1 aliphatic carbocycles. The summed E-state index contributed by atoms with van der Waals surface area (Å²) < 4.78 is 0. The van der Waals surface area contributed by atoms with Gasteiger partial charge in [0.25, 0.3) is 5.69 Å². The lowest BCUT2D eigenvalue weighted by molar-refractivity contribution is -0.385. The summed E-state index contributed by atoms with van der Waals surface area (Å²) in [6, 6.07) is 16.6. The number of allylic oxidation sites excluding steroid dienone is 2. The number of phenols is 1. The van der Waals surface area contributed by atoms with Gasteiger partial charge >= 0.3 is 0 Å². The maximum absolute atomic E-state index is 11.2. The lowest BCUT2D eigenvalue weighted by Gasteiger charge is -2.38. The van der Waals surface area contributed by atoms with Gasteiger partial charge < -0.3 is 10.4 Å². The molecule has 1 aliphatic heterocycles. The van der Waals surface area contributed by atoms with Crippen LogP contribution in [0.4, 0.5) is 11.4 Å². The van der Waals surface area contributed by atoms with Gasteiger partial charge in [0, 0.05) is 34.7 Å². The molecule has 0 saturated carbocycles. The third-order valence-corrected chi connectivity index (χ3v) is 5.82. The smallest absolute Gasteiger partial charge is 0.270 e. The Morgan fingerprint density at radius 3 is 2.78 bits per heavy atom. The third kappa shape index (κ3) is 2.39. The first-order chi connectivity index (χ1) is 13.1. The summed E-state index contributed by atoms with van der Waals surface area (Å²) in [4.78, 5) is 10.8. The summed E-state index contributed by atoms with van der Waals surface area (Å²) in [6.07, 6.45) is 5.26.